The molecule has 0 amide bonds. The van der Waals surface area contributed by atoms with Crippen LogP contribution in [-0.2, 0) is 4.79 Å². The minimum atomic E-state index is -1.87. The Balaban J connectivity index is 2.75. The highest BCUT2D eigenvalue weighted by molar-refractivity contribution is 6.18. The van der Waals surface area contributed by atoms with Crippen LogP contribution in [0.4, 0.5) is 10.1 Å². The average Bonchev–Trinajstić information content (AvgIpc) is 2.08. The molecule has 3 nitrogen and oxygen atoms in total. The van der Waals surface area contributed by atoms with Crippen LogP contribution in [0.3, 0.4) is 0 Å². The van der Waals surface area contributed by atoms with Crippen molar-refractivity contribution in [3.8, 4) is 5.75 Å². The molecule has 1 unspecified atom stereocenters. The molecule has 0 saturated heterocycles. The molecule has 5 heteroatoms. The number of carbonyl (C=O) groups excluding carboxylic acids is 1. The van der Waals surface area contributed by atoms with E-state index in [1.165, 1.54) is 30.3 Å². The number of alkyl halides is 2. The van der Waals surface area contributed by atoms with Crippen molar-refractivity contribution in [3.63, 3.8) is 0 Å². The van der Waals surface area contributed by atoms with E-state index in [4.69, 9.17) is 11.6 Å². The van der Waals surface area contributed by atoms with E-state index in [-0.39, 0.29) is 5.75 Å². The molecular weight excluding hydrogens is 197 g/mol. The molecule has 0 bridgehead atoms. The Morgan fingerprint density at radius 1 is 1.46 bits per heavy atom. The summed E-state index contributed by atoms with van der Waals surface area (Å²) in [5.41, 5.74) is 0.423. The van der Waals surface area contributed by atoms with E-state index in [0.717, 1.165) is 0 Å². The van der Waals surface area contributed by atoms with Crippen LogP contribution in [-0.4, -0.2) is 11.9 Å². The van der Waals surface area contributed by atoms with Gasteiger partial charge in [0, 0.05) is 0 Å². The Morgan fingerprint density at radius 3 is 2.54 bits per heavy atom. The first-order chi connectivity index (χ1) is 6.22. The molecule has 1 aromatic rings. The summed E-state index contributed by atoms with van der Waals surface area (Å²) in [7, 11) is 0. The van der Waals surface area contributed by atoms with Crippen molar-refractivity contribution in [2.45, 2.75) is 5.82 Å². The minimum Gasteiger partial charge on any atom is -0.447 e. The predicted molar refractivity (Wildman–Crippen MR) is 45.6 cm³/mol. The molecule has 68 valence electrons. The number of rotatable bonds is 3. The number of hydrogen-bond acceptors (Lipinski definition) is 3. The molecule has 1 aromatic carbocycles. The number of hydrogen-bond donors (Lipinski definition) is 0. The topological polar surface area (TPSA) is 38.7 Å². The maximum Gasteiger partial charge on any atom is 0.316 e. The minimum absolute atomic E-state index is 0.271. The maximum atomic E-state index is 12.1. The molecule has 0 aliphatic heterocycles. The maximum absolute atomic E-state index is 12.1. The summed E-state index contributed by atoms with van der Waals surface area (Å²) in [4.78, 5) is 13.2. The highest BCUT2D eigenvalue weighted by Crippen LogP contribution is 2.19. The van der Waals surface area contributed by atoms with Gasteiger partial charge in [-0.2, -0.15) is 9.38 Å². The number of aliphatic imine (C=N–C) groups is 1. The van der Waals surface area contributed by atoms with Crippen LogP contribution in [0.15, 0.2) is 29.3 Å². The molecule has 0 fully saturated rings. The van der Waals surface area contributed by atoms with E-state index < -0.39 is 5.82 Å². The smallest absolute Gasteiger partial charge is 0.316 e. The number of halogens is 2. The van der Waals surface area contributed by atoms with Crippen LogP contribution >= 0.6 is 11.6 Å². The summed E-state index contributed by atoms with van der Waals surface area (Å²) in [6.07, 6.45) is 1.38. The van der Waals surface area contributed by atoms with Gasteiger partial charge in [0.15, 0.2) is 0 Å². The largest absolute Gasteiger partial charge is 0.447 e. The van der Waals surface area contributed by atoms with Gasteiger partial charge in [0.1, 0.15) is 5.75 Å². The van der Waals surface area contributed by atoms with Crippen molar-refractivity contribution in [2.24, 2.45) is 4.99 Å². The van der Waals surface area contributed by atoms with Crippen molar-refractivity contribution in [2.75, 3.05) is 0 Å². The van der Waals surface area contributed by atoms with Crippen LogP contribution in [0.1, 0.15) is 0 Å². The fourth-order valence-electron chi connectivity index (χ4n) is 0.755. The predicted octanol–water partition coefficient (Wildman–Crippen LogP) is 2.52. The normalized spacial score (nSPS) is 11.5. The van der Waals surface area contributed by atoms with Gasteiger partial charge in [-0.15, -0.1) is 0 Å². The molecule has 1 atom stereocenters. The lowest BCUT2D eigenvalue weighted by Gasteiger charge is -2.03. The van der Waals surface area contributed by atoms with Crippen molar-refractivity contribution in [3.05, 3.63) is 24.3 Å². The van der Waals surface area contributed by atoms with E-state index in [2.05, 4.69) is 9.73 Å². The zero-order valence-corrected chi connectivity index (χ0v) is 7.16. The molecule has 0 aliphatic rings. The number of ether oxygens (including phenoxy) is 1. The molecule has 0 aliphatic carbocycles. The van der Waals surface area contributed by atoms with E-state index in [1.807, 2.05) is 0 Å². The van der Waals surface area contributed by atoms with Gasteiger partial charge >= 0.3 is 5.82 Å². The van der Waals surface area contributed by atoms with Gasteiger partial charge < -0.3 is 4.74 Å². The summed E-state index contributed by atoms with van der Waals surface area (Å²) < 4.78 is 16.6. The fraction of sp³-hybridized carbons (Fsp3) is 0.125. The molecule has 0 aromatic heterocycles. The lowest BCUT2D eigenvalue weighted by Crippen LogP contribution is -1.99. The van der Waals surface area contributed by atoms with Gasteiger partial charge in [0.2, 0.25) is 6.08 Å². The van der Waals surface area contributed by atoms with Crippen LogP contribution in [0, 0.1) is 0 Å². The Hall–Kier alpha value is -1.38. The third-order valence-corrected chi connectivity index (χ3v) is 1.33. The van der Waals surface area contributed by atoms with Crippen LogP contribution in [0.5, 0.6) is 5.75 Å². The second-order valence-electron chi connectivity index (χ2n) is 2.08. The van der Waals surface area contributed by atoms with Crippen molar-refractivity contribution >= 4 is 23.4 Å². The van der Waals surface area contributed by atoms with Crippen molar-refractivity contribution in [1.29, 1.82) is 0 Å². The average molecular weight is 202 g/mol. The first-order valence-electron chi connectivity index (χ1n) is 3.35. The standard InChI is InChI=1S/C8H5ClFNO2/c9-8(10)13-7-3-1-6(2-4-7)11-5-12/h1-4,8H. The molecule has 0 radical (unpaired) electrons. The van der Waals surface area contributed by atoms with Crippen molar-refractivity contribution in [1.82, 2.24) is 0 Å². The quantitative estimate of drug-likeness (QED) is 0.428. The summed E-state index contributed by atoms with van der Waals surface area (Å²) in [6, 6.07) is 5.87. The van der Waals surface area contributed by atoms with Gasteiger partial charge in [0.25, 0.3) is 0 Å². The monoisotopic (exact) mass is 201 g/mol. The first-order valence-corrected chi connectivity index (χ1v) is 3.79. The second-order valence-corrected chi connectivity index (χ2v) is 2.42. The summed E-state index contributed by atoms with van der Waals surface area (Å²) >= 11 is 4.94. The summed E-state index contributed by atoms with van der Waals surface area (Å²) in [6.45, 7) is 0. The second kappa shape index (κ2) is 4.60. The Kier molecular flexibility index (Phi) is 3.43. The van der Waals surface area contributed by atoms with Crippen LogP contribution in [0.2, 0.25) is 0 Å². The van der Waals surface area contributed by atoms with Crippen molar-refractivity contribution < 1.29 is 13.9 Å². The third kappa shape index (κ3) is 3.23. The van der Waals surface area contributed by atoms with E-state index in [9.17, 15) is 9.18 Å². The lowest BCUT2D eigenvalue weighted by molar-refractivity contribution is 0.147. The molecule has 0 spiro atoms. The van der Waals surface area contributed by atoms with Crippen LogP contribution in [0.25, 0.3) is 0 Å². The number of benzene rings is 1. The Bertz CT molecular complexity index is 319. The molecule has 0 N–H and O–H groups in total. The number of nitrogens with zero attached hydrogens (tertiary/aromatic N) is 1. The van der Waals surface area contributed by atoms with E-state index in [0.29, 0.717) is 5.69 Å². The molecule has 13 heavy (non-hydrogen) atoms. The fourth-order valence-corrected chi connectivity index (χ4v) is 0.858. The Labute approximate surface area is 78.8 Å². The summed E-state index contributed by atoms with van der Waals surface area (Å²) in [5.74, 6) is -1.60. The van der Waals surface area contributed by atoms with Gasteiger partial charge in [-0.3, -0.25) is 0 Å². The van der Waals surface area contributed by atoms with E-state index >= 15 is 0 Å². The highest BCUT2D eigenvalue weighted by atomic mass is 35.5. The van der Waals surface area contributed by atoms with E-state index in [1.54, 1.807) is 0 Å². The molecule has 0 heterocycles. The van der Waals surface area contributed by atoms with Gasteiger partial charge in [-0.1, -0.05) is 0 Å². The summed E-state index contributed by atoms with van der Waals surface area (Å²) in [5, 5.41) is 0. The molecule has 0 saturated carbocycles. The zero-order chi connectivity index (χ0) is 9.68. The van der Waals surface area contributed by atoms with Crippen LogP contribution < -0.4 is 4.74 Å². The lowest BCUT2D eigenvalue weighted by atomic mass is 10.3. The molecular formula is C8H5ClFNO2. The third-order valence-electron chi connectivity index (χ3n) is 1.24. The van der Waals surface area contributed by atoms with Gasteiger partial charge in [-0.25, -0.2) is 4.79 Å². The Morgan fingerprint density at radius 2 is 2.08 bits per heavy atom. The SMILES string of the molecule is O=C=Nc1ccc(OC(F)Cl)cc1. The molecule has 1 rings (SSSR count). The highest BCUT2D eigenvalue weighted by Gasteiger charge is 2.01. The van der Waals surface area contributed by atoms with Gasteiger partial charge in [-0.05, 0) is 35.9 Å². The number of isocyanates is 1. The van der Waals surface area contributed by atoms with Gasteiger partial charge in [0.05, 0.1) is 5.69 Å². The zero-order valence-electron chi connectivity index (χ0n) is 6.41. The first kappa shape index (κ1) is 9.71.